The number of likely N-dealkylation sites (tertiary alicyclic amines) is 1. The summed E-state index contributed by atoms with van der Waals surface area (Å²) in [5.41, 5.74) is 7.52. The van der Waals surface area contributed by atoms with Gasteiger partial charge in [-0.1, -0.05) is 47.5 Å². The van der Waals surface area contributed by atoms with Gasteiger partial charge in [-0.3, -0.25) is 4.90 Å². The van der Waals surface area contributed by atoms with E-state index in [9.17, 15) is 4.79 Å². The van der Waals surface area contributed by atoms with E-state index in [2.05, 4.69) is 40.2 Å². The Labute approximate surface area is 205 Å². The normalized spacial score (nSPS) is 15.7. The van der Waals surface area contributed by atoms with E-state index in [0.717, 1.165) is 42.9 Å². The maximum Gasteiger partial charge on any atom is 0.356 e. The third kappa shape index (κ3) is 4.72. The molecule has 1 aromatic heterocycles. The Morgan fingerprint density at radius 2 is 1.88 bits per heavy atom. The van der Waals surface area contributed by atoms with Crippen LogP contribution in [0.5, 0.6) is 5.75 Å². The van der Waals surface area contributed by atoms with Crippen LogP contribution in [0.4, 0.5) is 0 Å². The molecule has 0 bridgehead atoms. The second kappa shape index (κ2) is 10.00. The number of piperidine rings is 1. The number of benzene rings is 2. The van der Waals surface area contributed by atoms with E-state index in [4.69, 9.17) is 21.1 Å². The maximum atomic E-state index is 12.0. The number of pyridine rings is 1. The summed E-state index contributed by atoms with van der Waals surface area (Å²) in [4.78, 5) is 18.9. The Morgan fingerprint density at radius 3 is 2.71 bits per heavy atom. The molecular weight excluding hydrogens is 448 g/mol. The van der Waals surface area contributed by atoms with E-state index in [0.29, 0.717) is 30.5 Å². The van der Waals surface area contributed by atoms with Crippen molar-refractivity contribution in [2.75, 3.05) is 19.7 Å². The van der Waals surface area contributed by atoms with Crippen molar-refractivity contribution in [2.24, 2.45) is 0 Å². The van der Waals surface area contributed by atoms with Gasteiger partial charge in [-0.05, 0) is 66.8 Å². The van der Waals surface area contributed by atoms with Gasteiger partial charge in [-0.15, -0.1) is 0 Å². The lowest BCUT2D eigenvalue weighted by Gasteiger charge is -2.30. The average molecular weight is 475 g/mol. The van der Waals surface area contributed by atoms with Crippen molar-refractivity contribution in [3.63, 3.8) is 0 Å². The van der Waals surface area contributed by atoms with Crippen LogP contribution in [0.3, 0.4) is 0 Å². The number of carbonyl (C=O) groups is 1. The van der Waals surface area contributed by atoms with Crippen molar-refractivity contribution < 1.29 is 14.3 Å². The molecule has 174 valence electrons. The highest BCUT2D eigenvalue weighted by atomic mass is 35.5. The molecule has 3 aromatic rings. The molecule has 2 aliphatic heterocycles. The molecule has 1 saturated heterocycles. The largest absolute Gasteiger partial charge is 0.488 e. The fourth-order valence-electron chi connectivity index (χ4n) is 4.74. The fraction of sp³-hybridized carbons (Fsp3) is 0.286. The first-order valence-corrected chi connectivity index (χ1v) is 12.1. The van der Waals surface area contributed by atoms with Crippen LogP contribution in [0.25, 0.3) is 5.57 Å². The quantitative estimate of drug-likeness (QED) is 0.440. The first-order chi connectivity index (χ1) is 16.6. The number of fused-ring (bicyclic) bond motifs is 2. The molecule has 0 aliphatic carbocycles. The summed E-state index contributed by atoms with van der Waals surface area (Å²) < 4.78 is 11.2. The molecule has 34 heavy (non-hydrogen) atoms. The van der Waals surface area contributed by atoms with Gasteiger partial charge >= 0.3 is 5.97 Å². The Hall–Kier alpha value is -3.15. The lowest BCUT2D eigenvalue weighted by Crippen LogP contribution is -2.31. The lowest BCUT2D eigenvalue weighted by atomic mass is 9.86. The molecule has 0 saturated carbocycles. The molecule has 2 aromatic carbocycles. The van der Waals surface area contributed by atoms with Crippen molar-refractivity contribution >= 4 is 23.1 Å². The van der Waals surface area contributed by atoms with Crippen molar-refractivity contribution in [3.8, 4) is 5.75 Å². The minimum absolute atomic E-state index is 0.345. The average Bonchev–Trinajstić information content (AvgIpc) is 3.01. The zero-order valence-electron chi connectivity index (χ0n) is 19.2. The van der Waals surface area contributed by atoms with Gasteiger partial charge in [0.25, 0.3) is 0 Å². The molecule has 0 amide bonds. The molecule has 0 atom stereocenters. The molecule has 1 fully saturated rings. The van der Waals surface area contributed by atoms with E-state index < -0.39 is 0 Å². The number of carbonyl (C=O) groups excluding carboxylic acids is 1. The van der Waals surface area contributed by atoms with Gasteiger partial charge in [-0.2, -0.15) is 0 Å². The second-order valence-corrected chi connectivity index (χ2v) is 9.01. The number of rotatable bonds is 4. The Kier molecular flexibility index (Phi) is 6.66. The first-order valence-electron chi connectivity index (χ1n) is 11.7. The summed E-state index contributed by atoms with van der Waals surface area (Å²) in [6.07, 6.45) is 1.92. The van der Waals surface area contributed by atoms with E-state index in [1.54, 1.807) is 13.0 Å². The molecule has 0 N–H and O–H groups in total. The third-order valence-electron chi connectivity index (χ3n) is 6.37. The summed E-state index contributed by atoms with van der Waals surface area (Å²) in [6, 6.07) is 20.0. The third-order valence-corrected chi connectivity index (χ3v) is 6.61. The fourth-order valence-corrected chi connectivity index (χ4v) is 4.90. The van der Waals surface area contributed by atoms with E-state index in [1.165, 1.54) is 22.3 Å². The molecule has 0 unspecified atom stereocenters. The van der Waals surface area contributed by atoms with Crippen LogP contribution in [-0.2, 0) is 17.9 Å². The number of halogens is 1. The summed E-state index contributed by atoms with van der Waals surface area (Å²) in [6.45, 7) is 5.24. The van der Waals surface area contributed by atoms with Crippen LogP contribution < -0.4 is 4.74 Å². The van der Waals surface area contributed by atoms with Gasteiger partial charge in [-0.25, -0.2) is 9.78 Å². The number of nitrogens with zero attached hydrogens (tertiary/aromatic N) is 2. The van der Waals surface area contributed by atoms with Gasteiger partial charge in [0.15, 0.2) is 0 Å². The van der Waals surface area contributed by atoms with Crippen molar-refractivity contribution in [2.45, 2.75) is 32.9 Å². The van der Waals surface area contributed by atoms with Crippen molar-refractivity contribution in [3.05, 3.63) is 99.3 Å². The summed E-state index contributed by atoms with van der Waals surface area (Å²) in [5.74, 6) is 0.469. The number of hydrogen-bond donors (Lipinski definition) is 0. The van der Waals surface area contributed by atoms with Crippen LogP contribution in [0.2, 0.25) is 5.02 Å². The predicted molar refractivity (Wildman–Crippen MR) is 133 cm³/mol. The number of ether oxygens (including phenoxy) is 2. The lowest BCUT2D eigenvalue weighted by molar-refractivity contribution is 0.0519. The molecule has 0 spiro atoms. The van der Waals surface area contributed by atoms with E-state index in [1.807, 2.05) is 24.3 Å². The number of aromatic nitrogens is 1. The van der Waals surface area contributed by atoms with Gasteiger partial charge in [0, 0.05) is 30.2 Å². The molecule has 2 aliphatic rings. The predicted octanol–water partition coefficient (Wildman–Crippen LogP) is 5.90. The number of esters is 1. The zero-order valence-corrected chi connectivity index (χ0v) is 20.0. The highest BCUT2D eigenvalue weighted by Crippen LogP contribution is 2.41. The maximum absolute atomic E-state index is 12.0. The minimum atomic E-state index is -0.372. The Morgan fingerprint density at radius 1 is 1.06 bits per heavy atom. The van der Waals surface area contributed by atoms with Crippen LogP contribution >= 0.6 is 11.6 Å². The topological polar surface area (TPSA) is 51.7 Å². The highest BCUT2D eigenvalue weighted by Gasteiger charge is 2.25. The zero-order chi connectivity index (χ0) is 23.5. The van der Waals surface area contributed by atoms with Gasteiger partial charge in [0.1, 0.15) is 18.1 Å². The highest BCUT2D eigenvalue weighted by molar-refractivity contribution is 6.30. The van der Waals surface area contributed by atoms with Crippen LogP contribution in [0.15, 0.2) is 66.2 Å². The summed E-state index contributed by atoms with van der Waals surface area (Å²) in [7, 11) is 0. The smallest absolute Gasteiger partial charge is 0.356 e. The monoisotopic (exact) mass is 474 g/mol. The van der Waals surface area contributed by atoms with Crippen LogP contribution in [0.1, 0.15) is 52.6 Å². The molecule has 6 heteroatoms. The van der Waals surface area contributed by atoms with Crippen LogP contribution in [0, 0.1) is 0 Å². The Bertz CT molecular complexity index is 1240. The number of hydrogen-bond acceptors (Lipinski definition) is 5. The van der Waals surface area contributed by atoms with E-state index >= 15 is 0 Å². The summed E-state index contributed by atoms with van der Waals surface area (Å²) >= 11 is 6.28. The SMILES string of the molecule is CCOC(=O)c1cccc(CN2CCC(=C3c4ccccc4COc4cc(Cl)ccc43)CC2)n1. The van der Waals surface area contributed by atoms with Gasteiger partial charge in [0.05, 0.1) is 12.3 Å². The minimum Gasteiger partial charge on any atom is -0.488 e. The summed E-state index contributed by atoms with van der Waals surface area (Å²) in [5, 5.41) is 0.682. The Balaban J connectivity index is 1.39. The first kappa shape index (κ1) is 22.6. The van der Waals surface area contributed by atoms with Crippen LogP contribution in [-0.4, -0.2) is 35.5 Å². The standard InChI is InChI=1S/C28H27ClN2O3/c1-2-33-28(32)25-9-5-7-22(30-25)17-31-14-12-19(13-15-31)27-23-8-4-3-6-20(23)18-34-26-16-21(29)10-11-24(26)27/h3-11,16H,2,12-15,17-18H2,1H3. The molecule has 5 rings (SSSR count). The molecule has 0 radical (unpaired) electrons. The van der Waals surface area contributed by atoms with Crippen molar-refractivity contribution in [1.82, 2.24) is 9.88 Å². The second-order valence-electron chi connectivity index (χ2n) is 8.58. The molecular formula is C28H27ClN2O3. The van der Waals surface area contributed by atoms with E-state index in [-0.39, 0.29) is 5.97 Å². The van der Waals surface area contributed by atoms with Gasteiger partial charge < -0.3 is 9.47 Å². The molecule has 5 nitrogen and oxygen atoms in total. The van der Waals surface area contributed by atoms with Gasteiger partial charge in [0.2, 0.25) is 0 Å². The van der Waals surface area contributed by atoms with Crippen molar-refractivity contribution in [1.29, 1.82) is 0 Å². The molecule has 3 heterocycles.